The third kappa shape index (κ3) is 1.11. The zero-order valence-electron chi connectivity index (χ0n) is 5.67. The summed E-state index contributed by atoms with van der Waals surface area (Å²) in [5.74, 6) is 1.15. The highest BCUT2D eigenvalue weighted by molar-refractivity contribution is 6.24. The lowest BCUT2D eigenvalue weighted by molar-refractivity contribution is -0.109. The van der Waals surface area contributed by atoms with E-state index in [0.29, 0.717) is 11.8 Å². The van der Waals surface area contributed by atoms with Crippen molar-refractivity contribution < 1.29 is 4.79 Å². The molecule has 0 radical (unpaired) electrons. The van der Waals surface area contributed by atoms with Crippen LogP contribution in [0.25, 0.3) is 0 Å². The summed E-state index contributed by atoms with van der Waals surface area (Å²) >= 11 is 5.78. The van der Waals surface area contributed by atoms with Crippen LogP contribution in [0.3, 0.4) is 0 Å². The second kappa shape index (κ2) is 2.30. The molecule has 0 aromatic rings. The SMILES string of the molecule is CC(C)[C@@H]1[C@H](Cl)[C@H]1C=O. The molecule has 9 heavy (non-hydrogen) atoms. The van der Waals surface area contributed by atoms with E-state index in [4.69, 9.17) is 11.6 Å². The van der Waals surface area contributed by atoms with Crippen LogP contribution in [0.5, 0.6) is 0 Å². The molecule has 0 aliphatic heterocycles. The summed E-state index contributed by atoms with van der Waals surface area (Å²) in [4.78, 5) is 10.2. The van der Waals surface area contributed by atoms with Gasteiger partial charge in [0, 0.05) is 11.3 Å². The Bertz CT molecular complexity index is 122. The number of alkyl halides is 1. The fourth-order valence-electron chi connectivity index (χ4n) is 1.30. The van der Waals surface area contributed by atoms with Gasteiger partial charge in [-0.15, -0.1) is 11.6 Å². The van der Waals surface area contributed by atoms with Crippen molar-refractivity contribution in [3.63, 3.8) is 0 Å². The van der Waals surface area contributed by atoms with E-state index in [1.807, 2.05) is 0 Å². The lowest BCUT2D eigenvalue weighted by atomic mass is 10.1. The zero-order chi connectivity index (χ0) is 7.02. The molecule has 0 amide bonds. The minimum Gasteiger partial charge on any atom is -0.303 e. The summed E-state index contributed by atoms with van der Waals surface area (Å²) in [6.45, 7) is 4.20. The minimum atomic E-state index is 0.127. The van der Waals surface area contributed by atoms with Gasteiger partial charge >= 0.3 is 0 Å². The number of hydrogen-bond acceptors (Lipinski definition) is 1. The van der Waals surface area contributed by atoms with Crippen LogP contribution >= 0.6 is 11.6 Å². The molecule has 0 heterocycles. The van der Waals surface area contributed by atoms with Crippen LogP contribution in [0.15, 0.2) is 0 Å². The summed E-state index contributed by atoms with van der Waals surface area (Å²) in [6, 6.07) is 0. The van der Waals surface area contributed by atoms with E-state index in [-0.39, 0.29) is 11.3 Å². The summed E-state index contributed by atoms with van der Waals surface area (Å²) < 4.78 is 0. The number of rotatable bonds is 2. The maximum atomic E-state index is 10.2. The van der Waals surface area contributed by atoms with E-state index >= 15 is 0 Å². The zero-order valence-corrected chi connectivity index (χ0v) is 6.43. The van der Waals surface area contributed by atoms with Gasteiger partial charge in [0.25, 0.3) is 0 Å². The van der Waals surface area contributed by atoms with Crippen LogP contribution in [0.2, 0.25) is 0 Å². The first-order valence-corrected chi connectivity index (χ1v) is 3.71. The molecule has 1 nitrogen and oxygen atoms in total. The van der Waals surface area contributed by atoms with Gasteiger partial charge in [0.2, 0.25) is 0 Å². The Morgan fingerprint density at radius 3 is 2.22 bits per heavy atom. The Kier molecular flexibility index (Phi) is 1.80. The van der Waals surface area contributed by atoms with Crippen LogP contribution < -0.4 is 0 Å². The summed E-state index contributed by atoms with van der Waals surface area (Å²) in [5.41, 5.74) is 0. The molecule has 0 N–H and O–H groups in total. The lowest BCUT2D eigenvalue weighted by Crippen LogP contribution is -1.93. The number of carbonyl (C=O) groups is 1. The lowest BCUT2D eigenvalue weighted by Gasteiger charge is -1.97. The third-order valence-corrected chi connectivity index (χ3v) is 2.55. The van der Waals surface area contributed by atoms with Gasteiger partial charge in [-0.05, 0) is 11.8 Å². The van der Waals surface area contributed by atoms with Crippen molar-refractivity contribution >= 4 is 17.9 Å². The minimum absolute atomic E-state index is 0.127. The molecular weight excluding hydrogens is 136 g/mol. The molecule has 0 saturated heterocycles. The number of hydrogen-bond donors (Lipinski definition) is 0. The molecule has 52 valence electrons. The van der Waals surface area contributed by atoms with E-state index in [1.54, 1.807) is 0 Å². The molecule has 3 atom stereocenters. The first-order chi connectivity index (χ1) is 4.18. The highest BCUT2D eigenvalue weighted by Gasteiger charge is 2.50. The first kappa shape index (κ1) is 7.07. The number of carbonyl (C=O) groups excluding carboxylic acids is 1. The molecule has 0 aromatic carbocycles. The molecule has 0 unspecified atom stereocenters. The Hall–Kier alpha value is -0.0400. The average Bonchev–Trinajstić information content (AvgIpc) is 2.40. The van der Waals surface area contributed by atoms with Crippen molar-refractivity contribution in [2.75, 3.05) is 0 Å². The standard InChI is InChI=1S/C7H11ClO/c1-4(2)6-5(3-9)7(6)8/h3-7H,1-2H3/t5-,6-,7+/m0/s1. The first-order valence-electron chi connectivity index (χ1n) is 3.28. The van der Waals surface area contributed by atoms with Gasteiger partial charge < -0.3 is 4.79 Å². The molecule has 1 fully saturated rings. The van der Waals surface area contributed by atoms with Crippen LogP contribution in [-0.2, 0) is 4.79 Å². The molecule has 1 saturated carbocycles. The quantitative estimate of drug-likeness (QED) is 0.428. The van der Waals surface area contributed by atoms with Crippen LogP contribution in [-0.4, -0.2) is 11.7 Å². The second-order valence-electron chi connectivity index (χ2n) is 2.98. The van der Waals surface area contributed by atoms with Crippen molar-refractivity contribution in [2.45, 2.75) is 19.2 Å². The fraction of sp³-hybridized carbons (Fsp3) is 0.857. The summed E-state index contributed by atoms with van der Waals surface area (Å²) in [7, 11) is 0. The van der Waals surface area contributed by atoms with Crippen molar-refractivity contribution in [1.82, 2.24) is 0 Å². The van der Waals surface area contributed by atoms with Crippen molar-refractivity contribution in [2.24, 2.45) is 17.8 Å². The van der Waals surface area contributed by atoms with E-state index in [2.05, 4.69) is 13.8 Å². The smallest absolute Gasteiger partial charge is 0.124 e. The van der Waals surface area contributed by atoms with Gasteiger partial charge in [0.05, 0.1) is 0 Å². The van der Waals surface area contributed by atoms with Gasteiger partial charge in [0.15, 0.2) is 0 Å². The number of halogens is 1. The van der Waals surface area contributed by atoms with Gasteiger partial charge in [-0.25, -0.2) is 0 Å². The van der Waals surface area contributed by atoms with Crippen LogP contribution in [0, 0.1) is 17.8 Å². The molecule has 0 bridgehead atoms. The van der Waals surface area contributed by atoms with Crippen molar-refractivity contribution in [3.8, 4) is 0 Å². The topological polar surface area (TPSA) is 17.1 Å². The van der Waals surface area contributed by atoms with Gasteiger partial charge in [-0.2, -0.15) is 0 Å². The van der Waals surface area contributed by atoms with Gasteiger partial charge in [0.1, 0.15) is 6.29 Å². The molecular formula is C7H11ClO. The van der Waals surface area contributed by atoms with Crippen LogP contribution in [0.4, 0.5) is 0 Å². The molecule has 1 aliphatic carbocycles. The normalized spacial score (nSPS) is 41.1. The van der Waals surface area contributed by atoms with Crippen molar-refractivity contribution in [3.05, 3.63) is 0 Å². The highest BCUT2D eigenvalue weighted by atomic mass is 35.5. The highest BCUT2D eigenvalue weighted by Crippen LogP contribution is 2.47. The van der Waals surface area contributed by atoms with Gasteiger partial charge in [-0.3, -0.25) is 0 Å². The maximum Gasteiger partial charge on any atom is 0.124 e. The third-order valence-electron chi connectivity index (χ3n) is 1.97. The Morgan fingerprint density at radius 1 is 1.56 bits per heavy atom. The fourth-order valence-corrected chi connectivity index (χ4v) is 1.90. The van der Waals surface area contributed by atoms with Gasteiger partial charge in [-0.1, -0.05) is 13.8 Å². The maximum absolute atomic E-state index is 10.2. The monoisotopic (exact) mass is 146 g/mol. The van der Waals surface area contributed by atoms with E-state index in [9.17, 15) is 4.79 Å². The van der Waals surface area contributed by atoms with Crippen LogP contribution in [0.1, 0.15) is 13.8 Å². The van der Waals surface area contributed by atoms with E-state index in [1.165, 1.54) is 0 Å². The average molecular weight is 147 g/mol. The predicted molar refractivity (Wildman–Crippen MR) is 37.5 cm³/mol. The Balaban J connectivity index is 2.41. The predicted octanol–water partition coefficient (Wildman–Crippen LogP) is 1.69. The largest absolute Gasteiger partial charge is 0.303 e. The van der Waals surface area contributed by atoms with Crippen molar-refractivity contribution in [1.29, 1.82) is 0 Å². The molecule has 2 heteroatoms. The summed E-state index contributed by atoms with van der Waals surface area (Å²) in [6.07, 6.45) is 0.975. The Labute approximate surface area is 60.4 Å². The Morgan fingerprint density at radius 2 is 2.11 bits per heavy atom. The summed E-state index contributed by atoms with van der Waals surface area (Å²) in [5, 5.41) is 0.127. The molecule has 0 aromatic heterocycles. The number of aldehydes is 1. The van der Waals surface area contributed by atoms with E-state index in [0.717, 1.165) is 6.29 Å². The molecule has 0 spiro atoms. The molecule has 1 aliphatic rings. The second-order valence-corrected chi connectivity index (χ2v) is 3.48. The van der Waals surface area contributed by atoms with E-state index < -0.39 is 0 Å². The molecule has 1 rings (SSSR count).